The molecule has 10 heavy (non-hydrogen) atoms. The van der Waals surface area contributed by atoms with Crippen LogP contribution in [0.1, 0.15) is 20.3 Å². The van der Waals surface area contributed by atoms with Gasteiger partial charge in [-0.15, -0.1) is 0 Å². The van der Waals surface area contributed by atoms with E-state index in [-0.39, 0.29) is 0 Å². The lowest BCUT2D eigenvalue weighted by molar-refractivity contribution is -0.157. The van der Waals surface area contributed by atoms with Gasteiger partial charge in [-0.05, 0) is 19.3 Å². The number of carbonyl (C=O) groups is 1. The van der Waals surface area contributed by atoms with Crippen molar-refractivity contribution in [2.75, 3.05) is 6.61 Å². The van der Waals surface area contributed by atoms with Crippen molar-refractivity contribution in [3.63, 3.8) is 0 Å². The maximum Gasteiger partial charge on any atom is 0.335 e. The molecule has 0 aliphatic carbocycles. The van der Waals surface area contributed by atoms with Crippen LogP contribution in [0.4, 0.5) is 0 Å². The van der Waals surface area contributed by atoms with Gasteiger partial charge in [-0.2, -0.15) is 0 Å². The van der Waals surface area contributed by atoms with E-state index in [0.717, 1.165) is 0 Å². The summed E-state index contributed by atoms with van der Waals surface area (Å²) < 4.78 is 5.11. The van der Waals surface area contributed by atoms with Crippen molar-refractivity contribution >= 4 is 5.97 Å². The van der Waals surface area contributed by atoms with Gasteiger partial charge in [0.25, 0.3) is 0 Å². The number of ether oxygens (including phenoxy) is 1. The number of rotatable bonds is 1. The van der Waals surface area contributed by atoms with Gasteiger partial charge >= 0.3 is 5.97 Å². The Bertz CT molecular complexity index is 155. The normalized spacial score (nSPS) is 40.0. The van der Waals surface area contributed by atoms with Gasteiger partial charge in [0, 0.05) is 0 Å². The largest absolute Gasteiger partial charge is 0.479 e. The standard InChI is InChI=1S/C7H12O3/c1-5-3-7(2,6(8)9)10-4-5/h5H,3-4H2,1-2H3,(H,8,9). The van der Waals surface area contributed by atoms with Crippen molar-refractivity contribution in [3.05, 3.63) is 0 Å². The van der Waals surface area contributed by atoms with Crippen LogP contribution in [0, 0.1) is 5.92 Å². The average Bonchev–Trinajstić information content (AvgIpc) is 2.13. The molecule has 3 heteroatoms. The van der Waals surface area contributed by atoms with Crippen LogP contribution in [0.15, 0.2) is 0 Å². The fraction of sp³-hybridized carbons (Fsp3) is 0.857. The van der Waals surface area contributed by atoms with Crippen molar-refractivity contribution in [3.8, 4) is 0 Å². The Kier molecular flexibility index (Phi) is 1.68. The number of hydrogen-bond donors (Lipinski definition) is 1. The summed E-state index contributed by atoms with van der Waals surface area (Å²) in [6.45, 7) is 4.19. The summed E-state index contributed by atoms with van der Waals surface area (Å²) >= 11 is 0. The highest BCUT2D eigenvalue weighted by atomic mass is 16.5. The van der Waals surface area contributed by atoms with E-state index in [2.05, 4.69) is 0 Å². The molecule has 0 spiro atoms. The summed E-state index contributed by atoms with van der Waals surface area (Å²) in [4.78, 5) is 10.5. The van der Waals surface area contributed by atoms with Crippen LogP contribution in [0.2, 0.25) is 0 Å². The van der Waals surface area contributed by atoms with Crippen LogP contribution in [0.25, 0.3) is 0 Å². The Morgan fingerprint density at radius 1 is 1.80 bits per heavy atom. The number of carboxylic acids is 1. The molecule has 1 aliphatic rings. The van der Waals surface area contributed by atoms with E-state index in [1.54, 1.807) is 6.92 Å². The molecule has 1 saturated heterocycles. The predicted octanol–water partition coefficient (Wildman–Crippen LogP) is 0.886. The SMILES string of the molecule is CC1COC(C)(C(=O)O)C1. The second-order valence-corrected chi connectivity index (χ2v) is 3.16. The molecule has 1 rings (SSSR count). The lowest BCUT2D eigenvalue weighted by Crippen LogP contribution is -2.33. The summed E-state index contributed by atoms with van der Waals surface area (Å²) in [6.07, 6.45) is 0.627. The van der Waals surface area contributed by atoms with Crippen LogP contribution < -0.4 is 0 Å². The summed E-state index contributed by atoms with van der Waals surface area (Å²) in [5.41, 5.74) is -0.917. The highest BCUT2D eigenvalue weighted by molar-refractivity contribution is 5.77. The van der Waals surface area contributed by atoms with E-state index in [9.17, 15) is 4.79 Å². The zero-order valence-electron chi connectivity index (χ0n) is 6.26. The van der Waals surface area contributed by atoms with Crippen molar-refractivity contribution in [2.45, 2.75) is 25.9 Å². The molecule has 2 atom stereocenters. The molecule has 0 aromatic heterocycles. The summed E-state index contributed by atoms with van der Waals surface area (Å²) in [6, 6.07) is 0. The molecule has 3 nitrogen and oxygen atoms in total. The Hall–Kier alpha value is -0.570. The van der Waals surface area contributed by atoms with E-state index in [1.807, 2.05) is 6.92 Å². The van der Waals surface area contributed by atoms with Gasteiger partial charge in [-0.1, -0.05) is 6.92 Å². The molecular weight excluding hydrogens is 132 g/mol. The zero-order chi connectivity index (χ0) is 7.78. The molecule has 0 bridgehead atoms. The third-order valence-electron chi connectivity index (χ3n) is 1.88. The molecule has 0 radical (unpaired) electrons. The van der Waals surface area contributed by atoms with E-state index >= 15 is 0 Å². The monoisotopic (exact) mass is 144 g/mol. The minimum absolute atomic E-state index is 0.376. The summed E-state index contributed by atoms with van der Waals surface area (Å²) in [5, 5.41) is 8.67. The summed E-state index contributed by atoms with van der Waals surface area (Å²) in [5.74, 6) is -0.474. The number of aliphatic carboxylic acids is 1. The first-order valence-corrected chi connectivity index (χ1v) is 3.42. The Balaban J connectivity index is 2.63. The fourth-order valence-electron chi connectivity index (χ4n) is 1.26. The molecule has 0 aromatic carbocycles. The Morgan fingerprint density at radius 3 is 2.60 bits per heavy atom. The molecule has 0 amide bonds. The first-order chi connectivity index (χ1) is 4.54. The lowest BCUT2D eigenvalue weighted by atomic mass is 9.98. The second-order valence-electron chi connectivity index (χ2n) is 3.16. The Morgan fingerprint density at radius 2 is 2.40 bits per heavy atom. The molecule has 0 saturated carbocycles. The van der Waals surface area contributed by atoms with Crippen LogP contribution in [-0.4, -0.2) is 23.3 Å². The van der Waals surface area contributed by atoms with Crippen molar-refractivity contribution in [1.82, 2.24) is 0 Å². The quantitative estimate of drug-likeness (QED) is 0.594. The fourth-order valence-corrected chi connectivity index (χ4v) is 1.26. The molecule has 1 aliphatic heterocycles. The van der Waals surface area contributed by atoms with Crippen LogP contribution in [0.5, 0.6) is 0 Å². The van der Waals surface area contributed by atoms with E-state index in [4.69, 9.17) is 9.84 Å². The van der Waals surface area contributed by atoms with Crippen LogP contribution in [-0.2, 0) is 9.53 Å². The highest BCUT2D eigenvalue weighted by Crippen LogP contribution is 2.29. The molecule has 1 N–H and O–H groups in total. The maximum atomic E-state index is 10.5. The third-order valence-corrected chi connectivity index (χ3v) is 1.88. The number of carboxylic acid groups (broad SMARTS) is 1. The lowest BCUT2D eigenvalue weighted by Gasteiger charge is -2.16. The predicted molar refractivity (Wildman–Crippen MR) is 35.8 cm³/mol. The van der Waals surface area contributed by atoms with Gasteiger partial charge < -0.3 is 9.84 Å². The molecule has 2 unspecified atom stereocenters. The average molecular weight is 144 g/mol. The molecular formula is C7H12O3. The van der Waals surface area contributed by atoms with Crippen molar-refractivity contribution in [1.29, 1.82) is 0 Å². The first-order valence-electron chi connectivity index (χ1n) is 3.42. The third kappa shape index (κ3) is 1.14. The summed E-state index contributed by atoms with van der Waals surface area (Å²) in [7, 11) is 0. The second kappa shape index (κ2) is 2.23. The molecule has 1 fully saturated rings. The van der Waals surface area contributed by atoms with E-state index in [0.29, 0.717) is 18.9 Å². The topological polar surface area (TPSA) is 46.5 Å². The maximum absolute atomic E-state index is 10.5. The molecule has 1 heterocycles. The Labute approximate surface area is 60.0 Å². The smallest absolute Gasteiger partial charge is 0.335 e. The van der Waals surface area contributed by atoms with E-state index < -0.39 is 11.6 Å². The van der Waals surface area contributed by atoms with Crippen molar-refractivity contribution in [2.24, 2.45) is 5.92 Å². The van der Waals surface area contributed by atoms with Crippen LogP contribution >= 0.6 is 0 Å². The first kappa shape index (κ1) is 7.54. The van der Waals surface area contributed by atoms with Gasteiger partial charge in [-0.25, -0.2) is 4.79 Å². The van der Waals surface area contributed by atoms with Gasteiger partial charge in [0.15, 0.2) is 5.60 Å². The van der Waals surface area contributed by atoms with Gasteiger partial charge in [0.2, 0.25) is 0 Å². The van der Waals surface area contributed by atoms with Gasteiger partial charge in [0.05, 0.1) is 6.61 Å². The molecule has 0 aromatic rings. The zero-order valence-corrected chi connectivity index (χ0v) is 6.26. The molecule has 58 valence electrons. The van der Waals surface area contributed by atoms with Crippen LogP contribution in [0.3, 0.4) is 0 Å². The van der Waals surface area contributed by atoms with Gasteiger partial charge in [0.1, 0.15) is 0 Å². The number of hydrogen-bond acceptors (Lipinski definition) is 2. The highest BCUT2D eigenvalue weighted by Gasteiger charge is 2.40. The van der Waals surface area contributed by atoms with Crippen molar-refractivity contribution < 1.29 is 14.6 Å². The van der Waals surface area contributed by atoms with E-state index in [1.165, 1.54) is 0 Å². The minimum atomic E-state index is -0.917. The van der Waals surface area contributed by atoms with Gasteiger partial charge in [-0.3, -0.25) is 0 Å². The minimum Gasteiger partial charge on any atom is -0.479 e.